The van der Waals surface area contributed by atoms with E-state index >= 15 is 0 Å². The van der Waals surface area contributed by atoms with E-state index in [1.54, 1.807) is 0 Å². The summed E-state index contributed by atoms with van der Waals surface area (Å²) >= 11 is 1.49. The Morgan fingerprint density at radius 3 is 2.65 bits per heavy atom. The van der Waals surface area contributed by atoms with Crippen molar-refractivity contribution in [3.05, 3.63) is 31.0 Å². The van der Waals surface area contributed by atoms with Crippen molar-refractivity contribution >= 4 is 34.4 Å². The van der Waals surface area contributed by atoms with Crippen molar-refractivity contribution in [2.45, 2.75) is 12.8 Å². The highest BCUT2D eigenvalue weighted by Gasteiger charge is 2.26. The van der Waals surface area contributed by atoms with Crippen molar-refractivity contribution in [3.63, 3.8) is 0 Å². The first-order valence-electron chi connectivity index (χ1n) is 4.16. The highest BCUT2D eigenvalue weighted by atomic mass is 127. The molecule has 6 nitrogen and oxygen atoms in total. The molecule has 0 spiro atoms. The van der Waals surface area contributed by atoms with Crippen molar-refractivity contribution in [1.82, 2.24) is 4.98 Å². The quantitative estimate of drug-likeness (QED) is 0.506. The molecule has 0 aromatic carbocycles. The van der Waals surface area contributed by atoms with Gasteiger partial charge in [0.1, 0.15) is 6.42 Å². The highest BCUT2D eigenvalue weighted by Crippen LogP contribution is 2.29. The van der Waals surface area contributed by atoms with E-state index in [1.807, 2.05) is 0 Å². The summed E-state index contributed by atoms with van der Waals surface area (Å²) < 4.78 is 25.3. The van der Waals surface area contributed by atoms with E-state index in [4.69, 9.17) is 5.11 Å². The number of nitrogens with zero attached hydrogens (tertiary/aromatic N) is 2. The summed E-state index contributed by atoms with van der Waals surface area (Å²) in [5.41, 5.74) is -1.05. The van der Waals surface area contributed by atoms with Crippen LogP contribution in [0.3, 0.4) is 0 Å². The van der Waals surface area contributed by atoms with E-state index in [0.29, 0.717) is 0 Å². The smallest absolute Gasteiger partial charge is 0.364 e. The third kappa shape index (κ3) is 3.28. The molecule has 0 amide bonds. The predicted molar refractivity (Wildman–Crippen MR) is 59.9 cm³/mol. The van der Waals surface area contributed by atoms with E-state index < -0.39 is 40.8 Å². The summed E-state index contributed by atoms with van der Waals surface area (Å²) in [5.74, 6) is -2.02. The molecule has 1 N–H and O–H groups in total. The lowest BCUT2D eigenvalue weighted by molar-refractivity contribution is -0.389. The third-order valence-electron chi connectivity index (χ3n) is 1.80. The normalized spacial score (nSPS) is 10.6. The van der Waals surface area contributed by atoms with Crippen LogP contribution < -0.4 is 0 Å². The van der Waals surface area contributed by atoms with Gasteiger partial charge in [-0.2, -0.15) is 0 Å². The van der Waals surface area contributed by atoms with E-state index in [9.17, 15) is 23.7 Å². The van der Waals surface area contributed by atoms with Crippen LogP contribution in [-0.2, 0) is 11.2 Å². The fourth-order valence-corrected chi connectivity index (χ4v) is 1.99. The van der Waals surface area contributed by atoms with Crippen LogP contribution in [-0.4, -0.2) is 21.0 Å². The molecular formula is C8H5F2IN2O4. The van der Waals surface area contributed by atoms with Crippen molar-refractivity contribution in [2.75, 3.05) is 0 Å². The number of carbonyl (C=O) groups is 1. The van der Waals surface area contributed by atoms with Gasteiger partial charge in [0.05, 0.1) is 5.56 Å². The van der Waals surface area contributed by atoms with Gasteiger partial charge in [-0.1, -0.05) is 0 Å². The molecule has 0 fully saturated rings. The number of rotatable bonds is 4. The molecule has 1 rings (SSSR count). The molecule has 0 atom stereocenters. The van der Waals surface area contributed by atoms with Crippen LogP contribution in [0.2, 0.25) is 0 Å². The minimum absolute atomic E-state index is 0.0736. The molecule has 92 valence electrons. The lowest BCUT2D eigenvalue weighted by Gasteiger charge is -2.05. The van der Waals surface area contributed by atoms with Gasteiger partial charge in [-0.3, -0.25) is 4.79 Å². The first-order valence-corrected chi connectivity index (χ1v) is 5.24. The molecule has 0 unspecified atom stereocenters. The van der Waals surface area contributed by atoms with Gasteiger partial charge in [-0.05, 0) is 32.5 Å². The molecule has 0 saturated heterocycles. The predicted octanol–water partition coefficient (Wildman–Crippen LogP) is 2.16. The zero-order chi connectivity index (χ0) is 13.2. The van der Waals surface area contributed by atoms with Crippen LogP contribution in [0, 0.1) is 13.7 Å². The molecular weight excluding hydrogens is 353 g/mol. The van der Waals surface area contributed by atoms with Crippen molar-refractivity contribution in [2.24, 2.45) is 0 Å². The maximum absolute atomic E-state index is 12.7. The van der Waals surface area contributed by atoms with Crippen LogP contribution in [0.15, 0.2) is 6.07 Å². The van der Waals surface area contributed by atoms with Gasteiger partial charge >= 0.3 is 11.8 Å². The number of halogens is 3. The first kappa shape index (κ1) is 13.7. The molecule has 1 aromatic rings. The van der Waals surface area contributed by atoms with Gasteiger partial charge < -0.3 is 15.2 Å². The van der Waals surface area contributed by atoms with E-state index in [-0.39, 0.29) is 3.57 Å². The Morgan fingerprint density at radius 1 is 1.65 bits per heavy atom. The van der Waals surface area contributed by atoms with Gasteiger partial charge in [0.25, 0.3) is 6.43 Å². The fourth-order valence-electron chi connectivity index (χ4n) is 1.16. The Bertz CT molecular complexity index is 481. The molecule has 0 bridgehead atoms. The Morgan fingerprint density at radius 2 is 2.24 bits per heavy atom. The maximum Gasteiger partial charge on any atom is 0.364 e. The van der Waals surface area contributed by atoms with Crippen LogP contribution in [0.4, 0.5) is 14.6 Å². The SMILES string of the molecule is O=C(O)Cc1nc([N+](=O)[O-])cc(I)c1C(F)F. The highest BCUT2D eigenvalue weighted by molar-refractivity contribution is 14.1. The Hall–Kier alpha value is -1.39. The summed E-state index contributed by atoms with van der Waals surface area (Å²) in [6.07, 6.45) is -3.71. The van der Waals surface area contributed by atoms with Crippen LogP contribution in [0.5, 0.6) is 0 Å². The minimum Gasteiger partial charge on any atom is -0.481 e. The second kappa shape index (κ2) is 5.29. The van der Waals surface area contributed by atoms with E-state index in [0.717, 1.165) is 6.07 Å². The number of pyridine rings is 1. The van der Waals surface area contributed by atoms with Gasteiger partial charge in [-0.15, -0.1) is 0 Å². The zero-order valence-electron chi connectivity index (χ0n) is 8.06. The minimum atomic E-state index is -2.93. The number of nitro groups is 1. The second-order valence-corrected chi connectivity index (χ2v) is 4.11. The number of hydrogen-bond donors (Lipinski definition) is 1. The molecule has 0 radical (unpaired) electrons. The van der Waals surface area contributed by atoms with Gasteiger partial charge in [0, 0.05) is 9.64 Å². The average molecular weight is 358 g/mol. The standard InChI is InChI=1S/C8H5F2IN2O4/c9-8(10)7-3(11)1-5(13(16)17)12-4(7)2-6(14)15/h1,8H,2H2,(H,14,15). The summed E-state index contributed by atoms with van der Waals surface area (Å²) in [5, 5.41) is 19.0. The Kier molecular flexibility index (Phi) is 4.26. The molecule has 9 heteroatoms. The molecule has 1 heterocycles. The van der Waals surface area contributed by atoms with Gasteiger partial charge in [0.2, 0.25) is 0 Å². The number of carboxylic acids is 1. The number of carboxylic acid groups (broad SMARTS) is 1. The van der Waals surface area contributed by atoms with Gasteiger partial charge in [-0.25, -0.2) is 8.78 Å². The average Bonchev–Trinajstić information content (AvgIpc) is 2.14. The van der Waals surface area contributed by atoms with Crippen LogP contribution in [0.1, 0.15) is 17.7 Å². The second-order valence-electron chi connectivity index (χ2n) is 2.95. The first-order chi connectivity index (χ1) is 7.82. The summed E-state index contributed by atoms with van der Waals surface area (Å²) in [7, 11) is 0. The van der Waals surface area contributed by atoms with Crippen LogP contribution in [0.25, 0.3) is 0 Å². The molecule has 1 aromatic heterocycles. The van der Waals surface area contributed by atoms with Crippen molar-refractivity contribution < 1.29 is 23.6 Å². The maximum atomic E-state index is 12.7. The number of aromatic nitrogens is 1. The monoisotopic (exact) mass is 358 g/mol. The lowest BCUT2D eigenvalue weighted by Crippen LogP contribution is -2.10. The topological polar surface area (TPSA) is 93.3 Å². The molecule has 17 heavy (non-hydrogen) atoms. The zero-order valence-corrected chi connectivity index (χ0v) is 10.2. The largest absolute Gasteiger partial charge is 0.481 e. The summed E-state index contributed by atoms with van der Waals surface area (Å²) in [4.78, 5) is 23.4. The molecule has 0 aliphatic carbocycles. The van der Waals surface area contributed by atoms with E-state index in [2.05, 4.69) is 4.98 Å². The molecule has 0 aliphatic heterocycles. The van der Waals surface area contributed by atoms with E-state index in [1.165, 1.54) is 22.6 Å². The Labute approximate surface area is 107 Å². The van der Waals surface area contributed by atoms with Gasteiger partial charge in [0.15, 0.2) is 5.69 Å². The molecule has 0 aliphatic rings. The fraction of sp³-hybridized carbons (Fsp3) is 0.250. The van der Waals surface area contributed by atoms with Crippen molar-refractivity contribution in [1.29, 1.82) is 0 Å². The van der Waals surface area contributed by atoms with Crippen LogP contribution >= 0.6 is 22.6 Å². The molecule has 0 saturated carbocycles. The number of hydrogen-bond acceptors (Lipinski definition) is 4. The number of alkyl halides is 2. The third-order valence-corrected chi connectivity index (χ3v) is 2.69. The summed E-state index contributed by atoms with van der Waals surface area (Å²) in [6.45, 7) is 0. The van der Waals surface area contributed by atoms with Crippen molar-refractivity contribution in [3.8, 4) is 0 Å². The lowest BCUT2D eigenvalue weighted by atomic mass is 10.1. The summed E-state index contributed by atoms with van der Waals surface area (Å²) in [6, 6.07) is 0.882. The number of aliphatic carboxylic acids is 1. The Balaban J connectivity index is 3.38.